The number of thiazole rings is 1. The first-order valence-electron chi connectivity index (χ1n) is 7.64. The molecule has 0 saturated heterocycles. The van der Waals surface area contributed by atoms with E-state index in [0.717, 1.165) is 21.3 Å². The highest BCUT2D eigenvalue weighted by molar-refractivity contribution is 7.22. The van der Waals surface area contributed by atoms with Crippen LogP contribution in [0.3, 0.4) is 0 Å². The summed E-state index contributed by atoms with van der Waals surface area (Å²) < 4.78 is 27.9. The summed E-state index contributed by atoms with van der Waals surface area (Å²) in [5.41, 5.74) is 2.91. The smallest absolute Gasteiger partial charge is 0.232 e. The summed E-state index contributed by atoms with van der Waals surface area (Å²) in [5, 5.41) is 3.10. The molecule has 122 valence electrons. The number of alkyl halides is 1. The predicted octanol–water partition coefficient (Wildman–Crippen LogP) is 4.71. The maximum atomic E-state index is 14.1. The average Bonchev–Trinajstić information content (AvgIpc) is 3.13. The first kappa shape index (κ1) is 15.2. The van der Waals surface area contributed by atoms with Crippen molar-refractivity contribution in [2.75, 3.05) is 5.32 Å². The van der Waals surface area contributed by atoms with Gasteiger partial charge in [0.2, 0.25) is 5.91 Å². The molecule has 1 amide bonds. The minimum absolute atomic E-state index is 0.268. The highest BCUT2D eigenvalue weighted by Gasteiger charge is 2.43. The number of anilines is 1. The Labute approximate surface area is 141 Å². The van der Waals surface area contributed by atoms with Gasteiger partial charge in [-0.15, -0.1) is 0 Å². The zero-order chi connectivity index (χ0) is 16.8. The molecule has 1 aliphatic carbocycles. The Bertz CT molecular complexity index is 933. The van der Waals surface area contributed by atoms with Crippen molar-refractivity contribution in [2.45, 2.75) is 19.5 Å². The van der Waals surface area contributed by atoms with Crippen LogP contribution in [0.2, 0.25) is 0 Å². The molecule has 24 heavy (non-hydrogen) atoms. The van der Waals surface area contributed by atoms with Crippen LogP contribution in [0.5, 0.6) is 0 Å². The van der Waals surface area contributed by atoms with E-state index in [1.165, 1.54) is 17.4 Å². The van der Waals surface area contributed by atoms with E-state index >= 15 is 0 Å². The number of aromatic nitrogens is 1. The Kier molecular flexibility index (Phi) is 3.57. The van der Waals surface area contributed by atoms with Gasteiger partial charge in [0.1, 0.15) is 12.0 Å². The lowest BCUT2D eigenvalue weighted by molar-refractivity contribution is -0.117. The van der Waals surface area contributed by atoms with E-state index in [0.29, 0.717) is 10.7 Å². The van der Waals surface area contributed by atoms with Crippen LogP contribution < -0.4 is 5.32 Å². The van der Waals surface area contributed by atoms with Crippen molar-refractivity contribution >= 4 is 32.6 Å². The maximum Gasteiger partial charge on any atom is 0.232 e. The zero-order valence-electron chi connectivity index (χ0n) is 12.8. The molecule has 1 N–H and O–H groups in total. The highest BCUT2D eigenvalue weighted by atomic mass is 32.1. The molecular formula is C18H14F2N2OS. The van der Waals surface area contributed by atoms with Crippen LogP contribution in [-0.4, -0.2) is 17.1 Å². The SMILES string of the molecule is Cc1cccc(F)c1-c1ccc2nc(NC(=O)C3CC3F)sc2c1. The Morgan fingerprint density at radius 1 is 1.33 bits per heavy atom. The van der Waals surface area contributed by atoms with Crippen LogP contribution in [0.4, 0.5) is 13.9 Å². The molecule has 1 aromatic heterocycles. The van der Waals surface area contributed by atoms with Gasteiger partial charge in [-0.25, -0.2) is 13.8 Å². The van der Waals surface area contributed by atoms with Gasteiger partial charge in [-0.05, 0) is 42.7 Å². The van der Waals surface area contributed by atoms with E-state index in [-0.39, 0.29) is 18.1 Å². The van der Waals surface area contributed by atoms with Crippen molar-refractivity contribution in [1.29, 1.82) is 0 Å². The Hall–Kier alpha value is -2.34. The summed E-state index contributed by atoms with van der Waals surface area (Å²) in [6.07, 6.45) is -0.747. The monoisotopic (exact) mass is 344 g/mol. The van der Waals surface area contributed by atoms with Crippen LogP contribution >= 0.6 is 11.3 Å². The molecule has 2 unspecified atom stereocenters. The molecule has 2 aromatic carbocycles. The molecule has 1 heterocycles. The van der Waals surface area contributed by atoms with E-state index in [9.17, 15) is 13.6 Å². The molecule has 1 fully saturated rings. The standard InChI is InChI=1S/C18H14F2N2OS/c1-9-3-2-4-12(19)16(9)10-5-6-14-15(7-10)24-18(21-14)22-17(23)11-8-13(11)20/h2-7,11,13H,8H2,1H3,(H,21,22,23). The molecule has 0 spiro atoms. The van der Waals surface area contributed by atoms with Crippen molar-refractivity contribution in [3.05, 3.63) is 47.8 Å². The van der Waals surface area contributed by atoms with E-state index in [4.69, 9.17) is 0 Å². The van der Waals surface area contributed by atoms with Gasteiger partial charge < -0.3 is 5.32 Å². The fourth-order valence-corrected chi connectivity index (χ4v) is 3.67. The summed E-state index contributed by atoms with van der Waals surface area (Å²) in [4.78, 5) is 16.1. The van der Waals surface area contributed by atoms with E-state index in [1.54, 1.807) is 12.1 Å². The molecule has 0 aliphatic heterocycles. The minimum atomic E-state index is -1.03. The van der Waals surface area contributed by atoms with Gasteiger partial charge in [0.15, 0.2) is 5.13 Å². The first-order chi connectivity index (χ1) is 11.5. The molecule has 0 radical (unpaired) electrons. The number of carbonyl (C=O) groups is 1. The fourth-order valence-electron chi connectivity index (χ4n) is 2.76. The molecule has 1 aliphatic rings. The second-order valence-corrected chi connectivity index (χ2v) is 7.01. The van der Waals surface area contributed by atoms with Crippen LogP contribution in [0, 0.1) is 18.7 Å². The molecule has 3 aromatic rings. The number of halogens is 2. The van der Waals surface area contributed by atoms with Crippen molar-refractivity contribution in [2.24, 2.45) is 5.92 Å². The second kappa shape index (κ2) is 5.63. The number of fused-ring (bicyclic) bond motifs is 1. The lowest BCUT2D eigenvalue weighted by Gasteiger charge is -2.07. The lowest BCUT2D eigenvalue weighted by Crippen LogP contribution is -2.14. The van der Waals surface area contributed by atoms with Crippen LogP contribution in [0.1, 0.15) is 12.0 Å². The summed E-state index contributed by atoms with van der Waals surface area (Å²) >= 11 is 1.30. The second-order valence-electron chi connectivity index (χ2n) is 5.98. The topological polar surface area (TPSA) is 42.0 Å². The number of hydrogen-bond donors (Lipinski definition) is 1. The van der Waals surface area contributed by atoms with Crippen LogP contribution in [-0.2, 0) is 4.79 Å². The van der Waals surface area contributed by atoms with Crippen LogP contribution in [0.15, 0.2) is 36.4 Å². The largest absolute Gasteiger partial charge is 0.302 e. The normalized spacial score (nSPS) is 19.5. The van der Waals surface area contributed by atoms with Gasteiger partial charge >= 0.3 is 0 Å². The third-order valence-electron chi connectivity index (χ3n) is 4.18. The molecule has 1 saturated carbocycles. The highest BCUT2D eigenvalue weighted by Crippen LogP contribution is 2.36. The Morgan fingerprint density at radius 3 is 2.83 bits per heavy atom. The minimum Gasteiger partial charge on any atom is -0.302 e. The average molecular weight is 344 g/mol. The zero-order valence-corrected chi connectivity index (χ0v) is 13.7. The maximum absolute atomic E-state index is 14.1. The summed E-state index contributed by atoms with van der Waals surface area (Å²) in [6.45, 7) is 1.87. The van der Waals surface area contributed by atoms with Gasteiger partial charge in [-0.2, -0.15) is 0 Å². The van der Waals surface area contributed by atoms with Crippen molar-refractivity contribution < 1.29 is 13.6 Å². The lowest BCUT2D eigenvalue weighted by atomic mass is 10.00. The Balaban J connectivity index is 1.67. The third kappa shape index (κ3) is 2.67. The van der Waals surface area contributed by atoms with Gasteiger partial charge in [-0.1, -0.05) is 29.5 Å². The fraction of sp³-hybridized carbons (Fsp3) is 0.222. The number of nitrogens with zero attached hydrogens (tertiary/aromatic N) is 1. The molecule has 0 bridgehead atoms. The van der Waals surface area contributed by atoms with Gasteiger partial charge in [0, 0.05) is 5.56 Å². The van der Waals surface area contributed by atoms with Crippen molar-refractivity contribution in [1.82, 2.24) is 4.98 Å². The number of nitrogens with one attached hydrogen (secondary N) is 1. The van der Waals surface area contributed by atoms with Crippen molar-refractivity contribution in [3.8, 4) is 11.1 Å². The van der Waals surface area contributed by atoms with Gasteiger partial charge in [-0.3, -0.25) is 4.79 Å². The molecule has 6 heteroatoms. The van der Waals surface area contributed by atoms with E-state index in [1.807, 2.05) is 25.1 Å². The molecule has 3 nitrogen and oxygen atoms in total. The molecule has 4 rings (SSSR count). The summed E-state index contributed by atoms with van der Waals surface area (Å²) in [6, 6.07) is 10.5. The van der Waals surface area contributed by atoms with Crippen molar-refractivity contribution in [3.63, 3.8) is 0 Å². The number of amides is 1. The van der Waals surface area contributed by atoms with Crippen LogP contribution in [0.25, 0.3) is 21.3 Å². The van der Waals surface area contributed by atoms with Gasteiger partial charge in [0.05, 0.1) is 16.1 Å². The first-order valence-corrected chi connectivity index (χ1v) is 8.45. The number of hydrogen-bond acceptors (Lipinski definition) is 3. The van der Waals surface area contributed by atoms with Gasteiger partial charge in [0.25, 0.3) is 0 Å². The quantitative estimate of drug-likeness (QED) is 0.748. The molecular weight excluding hydrogens is 330 g/mol. The summed E-state index contributed by atoms with van der Waals surface area (Å²) in [7, 11) is 0. The number of rotatable bonds is 3. The molecule has 2 atom stereocenters. The Morgan fingerprint density at radius 2 is 2.12 bits per heavy atom. The number of benzene rings is 2. The van der Waals surface area contributed by atoms with E-state index < -0.39 is 12.1 Å². The van der Waals surface area contributed by atoms with E-state index in [2.05, 4.69) is 10.3 Å². The predicted molar refractivity (Wildman–Crippen MR) is 91.4 cm³/mol. The number of carbonyl (C=O) groups excluding carboxylic acids is 1. The third-order valence-corrected chi connectivity index (χ3v) is 5.11. The summed E-state index contributed by atoms with van der Waals surface area (Å²) in [5.74, 6) is -1.14. The number of aryl methyl sites for hydroxylation is 1.